The van der Waals surface area contributed by atoms with Gasteiger partial charge < -0.3 is 18.9 Å². The molecule has 0 unspecified atom stereocenters. The molecule has 0 aromatic heterocycles. The van der Waals surface area contributed by atoms with E-state index in [9.17, 15) is 0 Å². The summed E-state index contributed by atoms with van der Waals surface area (Å²) in [5, 5.41) is 17.4. The van der Waals surface area contributed by atoms with Crippen LogP contribution in [0.4, 0.5) is 0 Å². The largest absolute Gasteiger partial charge is 0.457 e. The van der Waals surface area contributed by atoms with E-state index in [-0.39, 0.29) is 10.8 Å². The van der Waals surface area contributed by atoms with Gasteiger partial charge in [0.1, 0.15) is 34.5 Å². The number of benzene rings is 5. The molecular formula is C38H32N2O4. The van der Waals surface area contributed by atoms with E-state index in [0.717, 1.165) is 33.8 Å². The number of hydrogen-bond acceptors (Lipinski definition) is 6. The second-order valence-electron chi connectivity index (χ2n) is 11.4. The molecule has 0 spiro atoms. The molecule has 0 N–H and O–H groups in total. The molecule has 5 rings (SSSR count). The van der Waals surface area contributed by atoms with Crippen molar-refractivity contribution >= 4 is 0 Å². The summed E-state index contributed by atoms with van der Waals surface area (Å²) >= 11 is 0. The van der Waals surface area contributed by atoms with E-state index in [1.165, 1.54) is 0 Å². The van der Waals surface area contributed by atoms with Crippen LogP contribution in [0.1, 0.15) is 49.9 Å². The lowest BCUT2D eigenvalue weighted by atomic mass is 9.78. The van der Waals surface area contributed by atoms with Gasteiger partial charge in [-0.25, -0.2) is 0 Å². The first-order chi connectivity index (χ1) is 21.2. The summed E-state index contributed by atoms with van der Waals surface area (Å²) in [4.78, 5) is 0. The van der Waals surface area contributed by atoms with Crippen molar-refractivity contribution in [1.29, 1.82) is 10.5 Å². The van der Waals surface area contributed by atoms with Crippen molar-refractivity contribution in [3.63, 3.8) is 0 Å². The molecule has 0 bridgehead atoms. The number of nitriles is 2. The number of nitrogens with zero attached hydrogens (tertiary/aromatic N) is 2. The average molecular weight is 581 g/mol. The van der Waals surface area contributed by atoms with Gasteiger partial charge in [0.05, 0.1) is 0 Å². The Kier molecular flexibility index (Phi) is 8.56. The molecule has 5 aromatic carbocycles. The van der Waals surface area contributed by atoms with E-state index in [0.29, 0.717) is 23.0 Å². The first kappa shape index (κ1) is 29.8. The second-order valence-corrected chi connectivity index (χ2v) is 11.4. The molecule has 0 aliphatic carbocycles. The maximum Gasteiger partial charge on any atom is 0.292 e. The van der Waals surface area contributed by atoms with Crippen molar-refractivity contribution in [2.45, 2.75) is 38.5 Å². The number of rotatable bonds is 10. The zero-order chi connectivity index (χ0) is 31.2. The van der Waals surface area contributed by atoms with Gasteiger partial charge in [0.25, 0.3) is 12.5 Å². The lowest BCUT2D eigenvalue weighted by Crippen LogP contribution is -2.18. The number of ether oxygens (including phenoxy) is 4. The molecular weight excluding hydrogens is 548 g/mol. The molecule has 6 heteroatoms. The van der Waals surface area contributed by atoms with Crippen molar-refractivity contribution in [2.75, 3.05) is 0 Å². The highest BCUT2D eigenvalue weighted by Gasteiger charge is 2.24. The first-order valence-corrected chi connectivity index (χ1v) is 14.2. The minimum Gasteiger partial charge on any atom is -0.457 e. The fourth-order valence-corrected chi connectivity index (χ4v) is 5.07. The van der Waals surface area contributed by atoms with E-state index in [4.69, 9.17) is 29.5 Å². The summed E-state index contributed by atoms with van der Waals surface area (Å²) in [6, 6.07) is 38.8. The SMILES string of the molecule is CC(C)(c1ccc(OC#N)cc1)c1ccc(Oc2cccc(Oc3ccc(C(C)(C)c4ccc(OC#N)cc4)cc3)c2)cc1. The molecule has 0 saturated carbocycles. The van der Waals surface area contributed by atoms with Gasteiger partial charge in [-0.3, -0.25) is 0 Å². The fraction of sp³-hybridized carbons (Fsp3) is 0.158. The maximum atomic E-state index is 8.72. The van der Waals surface area contributed by atoms with Crippen molar-refractivity contribution in [3.8, 4) is 47.0 Å². The lowest BCUT2D eigenvalue weighted by molar-refractivity contribution is 0.459. The van der Waals surface area contributed by atoms with Crippen molar-refractivity contribution in [2.24, 2.45) is 0 Å². The topological polar surface area (TPSA) is 84.5 Å². The quantitative estimate of drug-likeness (QED) is 0.153. The molecule has 0 radical (unpaired) electrons. The van der Waals surface area contributed by atoms with Gasteiger partial charge >= 0.3 is 0 Å². The summed E-state index contributed by atoms with van der Waals surface area (Å²) in [6.45, 7) is 8.62. The van der Waals surface area contributed by atoms with Gasteiger partial charge in [-0.1, -0.05) is 82.3 Å². The average Bonchev–Trinajstić information content (AvgIpc) is 3.03. The summed E-state index contributed by atoms with van der Waals surface area (Å²) < 4.78 is 22.1. The van der Waals surface area contributed by atoms with Crippen molar-refractivity contribution in [3.05, 3.63) is 144 Å². The fourth-order valence-electron chi connectivity index (χ4n) is 5.07. The van der Waals surface area contributed by atoms with E-state index in [2.05, 4.69) is 52.0 Å². The lowest BCUT2D eigenvalue weighted by Gasteiger charge is -2.26. The van der Waals surface area contributed by atoms with Crippen LogP contribution < -0.4 is 18.9 Å². The van der Waals surface area contributed by atoms with Gasteiger partial charge in [0.15, 0.2) is 0 Å². The van der Waals surface area contributed by atoms with Crippen LogP contribution in [0, 0.1) is 23.0 Å². The molecule has 0 heterocycles. The third kappa shape index (κ3) is 6.67. The Morgan fingerprint density at radius 1 is 0.409 bits per heavy atom. The second kappa shape index (κ2) is 12.7. The molecule has 6 nitrogen and oxygen atoms in total. The molecule has 0 saturated heterocycles. The van der Waals surface area contributed by atoms with E-state index < -0.39 is 0 Å². The smallest absolute Gasteiger partial charge is 0.292 e. The molecule has 218 valence electrons. The van der Waals surface area contributed by atoms with Crippen LogP contribution >= 0.6 is 0 Å². The molecule has 0 aliphatic heterocycles. The Morgan fingerprint density at radius 2 is 0.705 bits per heavy atom. The van der Waals surface area contributed by atoms with Gasteiger partial charge in [0, 0.05) is 16.9 Å². The predicted molar refractivity (Wildman–Crippen MR) is 169 cm³/mol. The van der Waals surface area contributed by atoms with Crippen LogP contribution in [-0.2, 0) is 10.8 Å². The van der Waals surface area contributed by atoms with Gasteiger partial charge in [0.2, 0.25) is 0 Å². The highest BCUT2D eigenvalue weighted by atomic mass is 16.5. The van der Waals surface area contributed by atoms with Gasteiger partial charge in [-0.05, 0) is 82.9 Å². The molecule has 0 fully saturated rings. The first-order valence-electron chi connectivity index (χ1n) is 14.2. The monoisotopic (exact) mass is 580 g/mol. The van der Waals surface area contributed by atoms with E-state index in [1.54, 1.807) is 36.8 Å². The molecule has 0 aliphatic rings. The zero-order valence-electron chi connectivity index (χ0n) is 25.1. The summed E-state index contributed by atoms with van der Waals surface area (Å²) in [6.07, 6.45) is 3.40. The van der Waals surface area contributed by atoms with Crippen LogP contribution in [0.25, 0.3) is 0 Å². The molecule has 0 amide bonds. The van der Waals surface area contributed by atoms with Crippen LogP contribution in [0.3, 0.4) is 0 Å². The Morgan fingerprint density at radius 3 is 1.00 bits per heavy atom. The Hall–Kier alpha value is -5.72. The minimum absolute atomic E-state index is 0.250. The predicted octanol–water partition coefficient (Wildman–Crippen LogP) is 9.64. The van der Waals surface area contributed by atoms with Crippen LogP contribution in [0.15, 0.2) is 121 Å². The Bertz CT molecular complexity index is 1660. The van der Waals surface area contributed by atoms with Crippen LogP contribution in [-0.4, -0.2) is 0 Å². The number of hydrogen-bond donors (Lipinski definition) is 0. The summed E-state index contributed by atoms with van der Waals surface area (Å²) in [5.41, 5.74) is 3.98. The van der Waals surface area contributed by atoms with Crippen molar-refractivity contribution in [1.82, 2.24) is 0 Å². The third-order valence-electron chi connectivity index (χ3n) is 7.91. The van der Waals surface area contributed by atoms with Gasteiger partial charge in [-0.15, -0.1) is 10.5 Å². The van der Waals surface area contributed by atoms with E-state index >= 15 is 0 Å². The molecule has 44 heavy (non-hydrogen) atoms. The Balaban J connectivity index is 1.23. The Labute approximate surface area is 258 Å². The highest BCUT2D eigenvalue weighted by Crippen LogP contribution is 2.36. The van der Waals surface area contributed by atoms with Crippen molar-refractivity contribution < 1.29 is 18.9 Å². The maximum absolute atomic E-state index is 8.72. The van der Waals surface area contributed by atoms with Crippen LogP contribution in [0.5, 0.6) is 34.5 Å². The standard InChI is InChI=1S/C38H32N2O4/c1-37(2,27-8-16-31(17-9-27)41-25-39)29-12-20-33(21-13-29)43-35-6-5-7-36(24-35)44-34-22-14-30(15-23-34)38(3,4)28-10-18-32(19-11-28)42-26-40/h5-24H,1-4H3. The van der Waals surface area contributed by atoms with Crippen LogP contribution in [0.2, 0.25) is 0 Å². The molecule has 5 aromatic rings. The minimum atomic E-state index is -0.250. The molecule has 0 atom stereocenters. The van der Waals surface area contributed by atoms with E-state index in [1.807, 2.05) is 72.8 Å². The highest BCUT2D eigenvalue weighted by molar-refractivity contribution is 5.45. The van der Waals surface area contributed by atoms with Gasteiger partial charge in [-0.2, -0.15) is 0 Å². The third-order valence-corrected chi connectivity index (χ3v) is 7.91. The summed E-state index contributed by atoms with van der Waals surface area (Å²) in [5.74, 6) is 3.83. The summed E-state index contributed by atoms with van der Waals surface area (Å²) in [7, 11) is 0. The zero-order valence-corrected chi connectivity index (χ0v) is 25.1. The normalized spacial score (nSPS) is 11.1.